The van der Waals surface area contributed by atoms with Crippen LogP contribution in [0.3, 0.4) is 0 Å². The maximum absolute atomic E-state index is 10.9. The van der Waals surface area contributed by atoms with Gasteiger partial charge in [-0.05, 0) is 43.5 Å². The van der Waals surface area contributed by atoms with Crippen LogP contribution in [-0.2, 0) is 11.2 Å². The van der Waals surface area contributed by atoms with E-state index in [1.807, 2.05) is 0 Å². The molecule has 2 rings (SSSR count). The number of nitrogens with zero attached hydrogens (tertiary/aromatic N) is 1. The standard InChI is InChI=1S/C15H18N2OS/c1-4-11-7-12-6-9(2)5-10(3)14(12)17-15(11)19-8-13(16)18/h5-7H,4,8H2,1-3H3,(H2,16,18). The van der Waals surface area contributed by atoms with Gasteiger partial charge in [0.25, 0.3) is 0 Å². The monoisotopic (exact) mass is 274 g/mol. The van der Waals surface area contributed by atoms with Gasteiger partial charge in [-0.25, -0.2) is 4.98 Å². The van der Waals surface area contributed by atoms with Gasteiger partial charge in [0.05, 0.1) is 11.3 Å². The Hall–Kier alpha value is -1.55. The van der Waals surface area contributed by atoms with Crippen molar-refractivity contribution in [1.29, 1.82) is 0 Å². The lowest BCUT2D eigenvalue weighted by Crippen LogP contribution is -2.13. The van der Waals surface area contributed by atoms with Crippen LogP contribution in [0.1, 0.15) is 23.6 Å². The van der Waals surface area contributed by atoms with Gasteiger partial charge in [-0.1, -0.05) is 30.3 Å². The van der Waals surface area contributed by atoms with Crippen molar-refractivity contribution in [2.75, 3.05) is 5.75 Å². The fourth-order valence-electron chi connectivity index (χ4n) is 2.20. The number of primary amides is 1. The highest BCUT2D eigenvalue weighted by Gasteiger charge is 2.09. The summed E-state index contributed by atoms with van der Waals surface area (Å²) in [7, 11) is 0. The van der Waals surface area contributed by atoms with Gasteiger partial charge >= 0.3 is 0 Å². The number of carbonyl (C=O) groups is 1. The molecule has 0 atom stereocenters. The van der Waals surface area contributed by atoms with Crippen LogP contribution in [-0.4, -0.2) is 16.6 Å². The van der Waals surface area contributed by atoms with E-state index in [1.165, 1.54) is 28.5 Å². The summed E-state index contributed by atoms with van der Waals surface area (Å²) in [6.45, 7) is 6.25. The minimum atomic E-state index is -0.311. The van der Waals surface area contributed by atoms with Crippen molar-refractivity contribution in [3.05, 3.63) is 34.9 Å². The number of benzene rings is 1. The smallest absolute Gasteiger partial charge is 0.227 e. The Morgan fingerprint density at radius 2 is 2.05 bits per heavy atom. The number of amides is 1. The van der Waals surface area contributed by atoms with Crippen molar-refractivity contribution in [3.63, 3.8) is 0 Å². The first kappa shape index (κ1) is 13.9. The minimum Gasteiger partial charge on any atom is -0.369 e. The predicted molar refractivity (Wildman–Crippen MR) is 80.5 cm³/mol. The Labute approximate surface area is 117 Å². The Morgan fingerprint density at radius 3 is 2.68 bits per heavy atom. The maximum Gasteiger partial charge on any atom is 0.227 e. The SMILES string of the molecule is CCc1cc2cc(C)cc(C)c2nc1SCC(N)=O. The van der Waals surface area contributed by atoms with Gasteiger partial charge in [-0.2, -0.15) is 0 Å². The molecule has 19 heavy (non-hydrogen) atoms. The molecular formula is C15H18N2OS. The minimum absolute atomic E-state index is 0.274. The average Bonchev–Trinajstić information content (AvgIpc) is 2.35. The van der Waals surface area contributed by atoms with E-state index in [2.05, 4.69) is 39.0 Å². The molecule has 1 heterocycles. The summed E-state index contributed by atoms with van der Waals surface area (Å²) >= 11 is 1.42. The predicted octanol–water partition coefficient (Wildman–Crippen LogP) is 2.99. The first-order valence-electron chi connectivity index (χ1n) is 6.33. The Morgan fingerprint density at radius 1 is 1.32 bits per heavy atom. The molecule has 2 N–H and O–H groups in total. The van der Waals surface area contributed by atoms with Crippen molar-refractivity contribution >= 4 is 28.6 Å². The fourth-order valence-corrected chi connectivity index (χ4v) is 3.02. The first-order chi connectivity index (χ1) is 9.01. The molecule has 1 amide bonds. The first-order valence-corrected chi connectivity index (χ1v) is 7.31. The van der Waals surface area contributed by atoms with Crippen LogP contribution < -0.4 is 5.73 Å². The summed E-state index contributed by atoms with van der Waals surface area (Å²) in [5.41, 5.74) is 9.79. The Bertz CT molecular complexity index is 638. The molecule has 0 aliphatic rings. The van der Waals surface area contributed by atoms with E-state index in [-0.39, 0.29) is 11.7 Å². The van der Waals surface area contributed by atoms with Crippen LogP contribution in [0.25, 0.3) is 10.9 Å². The van der Waals surface area contributed by atoms with E-state index >= 15 is 0 Å². The summed E-state index contributed by atoms with van der Waals surface area (Å²) in [5, 5.41) is 2.08. The molecule has 100 valence electrons. The van der Waals surface area contributed by atoms with E-state index in [9.17, 15) is 4.79 Å². The zero-order chi connectivity index (χ0) is 14.0. The van der Waals surface area contributed by atoms with Crippen LogP contribution in [0.2, 0.25) is 0 Å². The highest BCUT2D eigenvalue weighted by molar-refractivity contribution is 7.99. The van der Waals surface area contributed by atoms with E-state index < -0.39 is 0 Å². The lowest BCUT2D eigenvalue weighted by atomic mass is 10.0. The van der Waals surface area contributed by atoms with Gasteiger partial charge < -0.3 is 5.73 Å². The van der Waals surface area contributed by atoms with Gasteiger partial charge in [-0.15, -0.1) is 0 Å². The van der Waals surface area contributed by atoms with Crippen molar-refractivity contribution in [3.8, 4) is 0 Å². The topological polar surface area (TPSA) is 56.0 Å². The van der Waals surface area contributed by atoms with Gasteiger partial charge in [0.2, 0.25) is 5.91 Å². The van der Waals surface area contributed by atoms with Crippen LogP contribution in [0, 0.1) is 13.8 Å². The van der Waals surface area contributed by atoms with Crippen molar-refractivity contribution < 1.29 is 4.79 Å². The quantitative estimate of drug-likeness (QED) is 0.872. The van der Waals surface area contributed by atoms with E-state index in [0.29, 0.717) is 0 Å². The zero-order valence-corrected chi connectivity index (χ0v) is 12.3. The van der Waals surface area contributed by atoms with Gasteiger partial charge in [0.15, 0.2) is 0 Å². The third-order valence-corrected chi connectivity index (χ3v) is 4.08. The van der Waals surface area contributed by atoms with Gasteiger partial charge in [0, 0.05) is 5.39 Å². The molecule has 0 saturated carbocycles. The third-order valence-electron chi connectivity index (χ3n) is 3.02. The summed E-state index contributed by atoms with van der Waals surface area (Å²) in [5.74, 6) is -0.0364. The number of aromatic nitrogens is 1. The highest BCUT2D eigenvalue weighted by atomic mass is 32.2. The lowest BCUT2D eigenvalue weighted by Gasteiger charge is -2.10. The molecule has 1 aromatic heterocycles. The van der Waals surface area contributed by atoms with Crippen molar-refractivity contribution in [1.82, 2.24) is 4.98 Å². The van der Waals surface area contributed by atoms with Crippen molar-refractivity contribution in [2.24, 2.45) is 5.73 Å². The Kier molecular flexibility index (Phi) is 4.10. The third kappa shape index (κ3) is 3.07. The Balaban J connectivity index is 2.54. The molecule has 2 aromatic rings. The number of rotatable bonds is 4. The lowest BCUT2D eigenvalue weighted by molar-refractivity contribution is -0.115. The second kappa shape index (κ2) is 5.61. The molecule has 0 saturated heterocycles. The highest BCUT2D eigenvalue weighted by Crippen LogP contribution is 2.27. The van der Waals surface area contributed by atoms with E-state index in [1.54, 1.807) is 0 Å². The van der Waals surface area contributed by atoms with Crippen LogP contribution in [0.15, 0.2) is 23.2 Å². The summed E-state index contributed by atoms with van der Waals surface area (Å²) in [4.78, 5) is 15.6. The van der Waals surface area contributed by atoms with Crippen LogP contribution >= 0.6 is 11.8 Å². The number of thioether (sulfide) groups is 1. The number of nitrogens with two attached hydrogens (primary N) is 1. The largest absolute Gasteiger partial charge is 0.369 e. The molecule has 0 radical (unpaired) electrons. The fraction of sp³-hybridized carbons (Fsp3) is 0.333. The van der Waals surface area contributed by atoms with Gasteiger partial charge in [-0.3, -0.25) is 4.79 Å². The van der Waals surface area contributed by atoms with Crippen LogP contribution in [0.5, 0.6) is 0 Å². The second-order valence-electron chi connectivity index (χ2n) is 4.71. The zero-order valence-electron chi connectivity index (χ0n) is 11.5. The molecular weight excluding hydrogens is 256 g/mol. The number of fused-ring (bicyclic) bond motifs is 1. The number of carbonyl (C=O) groups excluding carboxylic acids is 1. The molecule has 0 aliphatic heterocycles. The summed E-state index contributed by atoms with van der Waals surface area (Å²) in [6.07, 6.45) is 0.900. The normalized spacial score (nSPS) is 10.9. The van der Waals surface area contributed by atoms with E-state index in [4.69, 9.17) is 10.7 Å². The maximum atomic E-state index is 10.9. The number of aryl methyl sites for hydroxylation is 3. The second-order valence-corrected chi connectivity index (χ2v) is 5.68. The van der Waals surface area contributed by atoms with Crippen LogP contribution in [0.4, 0.5) is 0 Å². The number of hydrogen-bond acceptors (Lipinski definition) is 3. The molecule has 0 bridgehead atoms. The molecule has 0 aliphatic carbocycles. The number of hydrogen-bond donors (Lipinski definition) is 1. The molecule has 3 nitrogen and oxygen atoms in total. The van der Waals surface area contributed by atoms with Gasteiger partial charge in [0.1, 0.15) is 5.03 Å². The molecule has 0 fully saturated rings. The summed E-state index contributed by atoms with van der Waals surface area (Å²) < 4.78 is 0. The molecule has 4 heteroatoms. The van der Waals surface area contributed by atoms with Crippen molar-refractivity contribution in [2.45, 2.75) is 32.2 Å². The van der Waals surface area contributed by atoms with E-state index in [0.717, 1.165) is 22.3 Å². The number of pyridine rings is 1. The summed E-state index contributed by atoms with van der Waals surface area (Å²) in [6, 6.07) is 6.45. The molecule has 0 unspecified atom stereocenters. The average molecular weight is 274 g/mol. The molecule has 0 spiro atoms. The molecule has 1 aromatic carbocycles.